The van der Waals surface area contributed by atoms with Crippen molar-refractivity contribution >= 4 is 16.7 Å². The van der Waals surface area contributed by atoms with E-state index in [4.69, 9.17) is 5.11 Å². The highest BCUT2D eigenvalue weighted by atomic mass is 32.1. The lowest BCUT2D eigenvalue weighted by atomic mass is 9.92. The van der Waals surface area contributed by atoms with Crippen molar-refractivity contribution in [3.05, 3.63) is 5.82 Å². The predicted octanol–water partition coefficient (Wildman–Crippen LogP) is 2.01. The van der Waals surface area contributed by atoms with Gasteiger partial charge in [0.15, 0.2) is 0 Å². The fraction of sp³-hybridized carbons (Fsp3) is 0.818. The molecule has 4 nitrogen and oxygen atoms in total. The van der Waals surface area contributed by atoms with E-state index in [1.165, 1.54) is 30.8 Å². The van der Waals surface area contributed by atoms with Crippen LogP contribution in [0.3, 0.4) is 0 Å². The molecule has 90 valence electrons. The molecule has 2 rings (SSSR count). The van der Waals surface area contributed by atoms with Gasteiger partial charge >= 0.3 is 0 Å². The van der Waals surface area contributed by atoms with E-state index in [0.717, 1.165) is 11.0 Å². The monoisotopic (exact) mass is 241 g/mol. The Balaban J connectivity index is 2.10. The first-order valence-corrected chi connectivity index (χ1v) is 6.71. The first kappa shape index (κ1) is 11.8. The van der Waals surface area contributed by atoms with Crippen molar-refractivity contribution in [2.75, 3.05) is 18.1 Å². The zero-order valence-electron chi connectivity index (χ0n) is 9.89. The van der Waals surface area contributed by atoms with E-state index in [9.17, 15) is 0 Å². The molecule has 0 bridgehead atoms. The summed E-state index contributed by atoms with van der Waals surface area (Å²) in [5, 5.41) is 10.1. The summed E-state index contributed by atoms with van der Waals surface area (Å²) in [7, 11) is 0. The molecule has 1 fully saturated rings. The van der Waals surface area contributed by atoms with Crippen LogP contribution in [0.4, 0.5) is 5.13 Å². The first-order chi connectivity index (χ1) is 7.72. The van der Waals surface area contributed by atoms with Crippen molar-refractivity contribution in [3.8, 4) is 0 Å². The van der Waals surface area contributed by atoms with Crippen molar-refractivity contribution in [1.82, 2.24) is 9.36 Å². The van der Waals surface area contributed by atoms with Gasteiger partial charge in [0.2, 0.25) is 5.13 Å². The Bertz CT molecular complexity index is 336. The molecular formula is C11H19N3OS. The van der Waals surface area contributed by atoms with Crippen LogP contribution in [0, 0.1) is 0 Å². The van der Waals surface area contributed by atoms with E-state index in [-0.39, 0.29) is 6.61 Å². The molecule has 0 aromatic carbocycles. The quantitative estimate of drug-likeness (QED) is 0.856. The number of hydrogen-bond donors (Lipinski definition) is 1. The molecule has 5 heteroatoms. The maximum Gasteiger partial charge on any atom is 0.205 e. The van der Waals surface area contributed by atoms with Gasteiger partial charge < -0.3 is 10.0 Å². The van der Waals surface area contributed by atoms with E-state index in [2.05, 4.69) is 28.1 Å². The molecule has 1 aromatic rings. The summed E-state index contributed by atoms with van der Waals surface area (Å²) in [4.78, 5) is 6.77. The summed E-state index contributed by atoms with van der Waals surface area (Å²) in [5.74, 6) is 1.30. The van der Waals surface area contributed by atoms with Gasteiger partial charge in [-0.3, -0.25) is 0 Å². The molecule has 0 aliphatic heterocycles. The Hall–Kier alpha value is -0.680. The lowest BCUT2D eigenvalue weighted by Crippen LogP contribution is -2.41. The van der Waals surface area contributed by atoms with Crippen LogP contribution in [-0.2, 0) is 0 Å². The topological polar surface area (TPSA) is 49.2 Å². The highest BCUT2D eigenvalue weighted by Crippen LogP contribution is 2.31. The zero-order chi connectivity index (χ0) is 11.5. The molecule has 0 saturated heterocycles. The normalized spacial score (nSPS) is 16.5. The molecule has 0 amide bonds. The average Bonchev–Trinajstić information content (AvgIpc) is 2.62. The Labute approximate surface area is 100 Å². The molecule has 1 aliphatic rings. The smallest absolute Gasteiger partial charge is 0.205 e. The van der Waals surface area contributed by atoms with Crippen molar-refractivity contribution in [1.29, 1.82) is 0 Å². The Kier molecular flexibility index (Phi) is 3.76. The summed E-state index contributed by atoms with van der Waals surface area (Å²) in [6, 6.07) is 0.570. The molecule has 0 radical (unpaired) electrons. The second kappa shape index (κ2) is 5.10. The zero-order valence-corrected chi connectivity index (χ0v) is 10.7. The number of aliphatic hydroxyl groups excluding tert-OH is 1. The van der Waals surface area contributed by atoms with Gasteiger partial charge in [-0.25, -0.2) is 4.98 Å². The first-order valence-electron chi connectivity index (χ1n) is 5.93. The molecule has 0 atom stereocenters. The van der Waals surface area contributed by atoms with Gasteiger partial charge in [-0.1, -0.05) is 13.8 Å². The molecule has 1 saturated carbocycles. The van der Waals surface area contributed by atoms with Gasteiger partial charge in [0, 0.05) is 30.0 Å². The van der Waals surface area contributed by atoms with Crippen LogP contribution in [0.5, 0.6) is 0 Å². The molecular weight excluding hydrogens is 222 g/mol. The van der Waals surface area contributed by atoms with Gasteiger partial charge in [0.1, 0.15) is 5.82 Å². The second-order valence-corrected chi connectivity index (χ2v) is 5.32. The molecule has 1 N–H and O–H groups in total. The van der Waals surface area contributed by atoms with E-state index in [0.29, 0.717) is 18.5 Å². The van der Waals surface area contributed by atoms with Crippen molar-refractivity contribution in [2.24, 2.45) is 0 Å². The fourth-order valence-electron chi connectivity index (χ4n) is 1.82. The summed E-state index contributed by atoms with van der Waals surface area (Å²) in [6.07, 6.45) is 3.73. The van der Waals surface area contributed by atoms with Crippen molar-refractivity contribution in [3.63, 3.8) is 0 Å². The van der Waals surface area contributed by atoms with Crippen LogP contribution in [0.25, 0.3) is 0 Å². The Morgan fingerprint density at radius 2 is 2.25 bits per heavy atom. The second-order valence-electron chi connectivity index (χ2n) is 4.59. The Morgan fingerprint density at radius 3 is 2.69 bits per heavy atom. The molecule has 16 heavy (non-hydrogen) atoms. The predicted molar refractivity (Wildman–Crippen MR) is 66.1 cm³/mol. The maximum absolute atomic E-state index is 9.10. The third-order valence-corrected chi connectivity index (χ3v) is 3.82. The number of anilines is 1. The van der Waals surface area contributed by atoms with Gasteiger partial charge in [0.25, 0.3) is 0 Å². The van der Waals surface area contributed by atoms with Gasteiger partial charge in [-0.15, -0.1) is 0 Å². The van der Waals surface area contributed by atoms with E-state index < -0.39 is 0 Å². The maximum atomic E-state index is 9.10. The molecule has 1 heterocycles. The third kappa shape index (κ3) is 2.35. The van der Waals surface area contributed by atoms with Gasteiger partial charge in [-0.2, -0.15) is 4.37 Å². The van der Waals surface area contributed by atoms with Crippen LogP contribution >= 0.6 is 11.5 Å². The largest absolute Gasteiger partial charge is 0.395 e. The SMILES string of the molecule is CC(C)c1nsc(N(CCO)C2CCC2)n1. The summed E-state index contributed by atoms with van der Waals surface area (Å²) in [5.41, 5.74) is 0. The lowest BCUT2D eigenvalue weighted by Gasteiger charge is -2.36. The third-order valence-electron chi connectivity index (χ3n) is 3.05. The van der Waals surface area contributed by atoms with Crippen LogP contribution < -0.4 is 4.90 Å². The highest BCUT2D eigenvalue weighted by Gasteiger charge is 2.27. The minimum Gasteiger partial charge on any atom is -0.395 e. The summed E-state index contributed by atoms with van der Waals surface area (Å²) < 4.78 is 4.37. The number of aromatic nitrogens is 2. The molecule has 1 aromatic heterocycles. The average molecular weight is 241 g/mol. The van der Waals surface area contributed by atoms with Crippen LogP contribution in [0.15, 0.2) is 0 Å². The van der Waals surface area contributed by atoms with Gasteiger partial charge in [0.05, 0.1) is 6.61 Å². The Morgan fingerprint density at radius 1 is 1.50 bits per heavy atom. The summed E-state index contributed by atoms with van der Waals surface area (Å²) in [6.45, 7) is 5.07. The standard InChI is InChI=1S/C11H19N3OS/c1-8(2)10-12-11(16-13-10)14(6-7-15)9-4-3-5-9/h8-9,15H,3-7H2,1-2H3. The highest BCUT2D eigenvalue weighted by molar-refractivity contribution is 7.09. The number of hydrogen-bond acceptors (Lipinski definition) is 5. The minimum absolute atomic E-state index is 0.188. The number of nitrogens with zero attached hydrogens (tertiary/aromatic N) is 3. The number of aliphatic hydroxyl groups is 1. The van der Waals surface area contributed by atoms with E-state index in [1.807, 2.05) is 0 Å². The minimum atomic E-state index is 0.188. The van der Waals surface area contributed by atoms with Crippen LogP contribution in [-0.4, -0.2) is 33.7 Å². The van der Waals surface area contributed by atoms with Crippen LogP contribution in [0.2, 0.25) is 0 Å². The fourth-order valence-corrected chi connectivity index (χ4v) is 2.72. The summed E-state index contributed by atoms with van der Waals surface area (Å²) >= 11 is 1.46. The van der Waals surface area contributed by atoms with Gasteiger partial charge in [-0.05, 0) is 19.3 Å². The molecule has 1 aliphatic carbocycles. The van der Waals surface area contributed by atoms with Crippen molar-refractivity contribution in [2.45, 2.75) is 45.1 Å². The van der Waals surface area contributed by atoms with E-state index in [1.54, 1.807) is 0 Å². The van der Waals surface area contributed by atoms with E-state index >= 15 is 0 Å². The molecule has 0 unspecified atom stereocenters. The van der Waals surface area contributed by atoms with Crippen molar-refractivity contribution < 1.29 is 5.11 Å². The number of rotatable bonds is 5. The molecule has 0 spiro atoms. The lowest BCUT2D eigenvalue weighted by molar-refractivity contribution is 0.283. The van der Waals surface area contributed by atoms with Crippen LogP contribution in [0.1, 0.15) is 44.9 Å².